The third-order valence-electron chi connectivity index (χ3n) is 2.80. The third-order valence-corrected chi connectivity index (χ3v) is 3.85. The van der Waals surface area contributed by atoms with Crippen LogP contribution >= 0.6 is 15.9 Å². The van der Waals surface area contributed by atoms with Gasteiger partial charge >= 0.3 is 5.97 Å². The van der Waals surface area contributed by atoms with Gasteiger partial charge < -0.3 is 16.2 Å². The molecule has 0 aromatic heterocycles. The average Bonchev–Trinajstić information content (AvgIpc) is 2.37. The number of carboxylic acid groups (broad SMARTS) is 1. The lowest BCUT2D eigenvalue weighted by Crippen LogP contribution is -2.05. The van der Waals surface area contributed by atoms with Crippen LogP contribution in [0.25, 0.3) is 0 Å². The van der Waals surface area contributed by atoms with Crippen molar-refractivity contribution in [1.82, 2.24) is 0 Å². The summed E-state index contributed by atoms with van der Waals surface area (Å²) in [7, 11) is 0. The highest BCUT2D eigenvalue weighted by molar-refractivity contribution is 9.10. The Labute approximate surface area is 119 Å². The van der Waals surface area contributed by atoms with Gasteiger partial charge in [-0.1, -0.05) is 18.2 Å². The Morgan fingerprint density at radius 2 is 1.84 bits per heavy atom. The van der Waals surface area contributed by atoms with Crippen molar-refractivity contribution in [2.75, 3.05) is 11.1 Å². The maximum absolute atomic E-state index is 11.0. The summed E-state index contributed by atoms with van der Waals surface area (Å²) in [4.78, 5) is 11.0. The zero-order chi connectivity index (χ0) is 14.0. The SMILES string of the molecule is Cc1cccc(Nc2cccc(C(=O)O)c2N)c1Br. The van der Waals surface area contributed by atoms with Gasteiger partial charge in [-0.25, -0.2) is 4.79 Å². The van der Waals surface area contributed by atoms with Crippen molar-refractivity contribution in [2.45, 2.75) is 6.92 Å². The summed E-state index contributed by atoms with van der Waals surface area (Å²) in [6.45, 7) is 1.98. The van der Waals surface area contributed by atoms with E-state index in [2.05, 4.69) is 21.2 Å². The standard InChI is InChI=1S/C14H13BrN2O2/c1-8-4-2-6-10(12(8)15)17-11-7-3-5-9(13(11)16)14(18)19/h2-7,17H,16H2,1H3,(H,18,19). The number of hydrogen-bond donors (Lipinski definition) is 3. The number of nitrogen functional groups attached to an aromatic ring is 1. The largest absolute Gasteiger partial charge is 0.478 e. The first-order valence-corrected chi connectivity index (χ1v) is 6.44. The van der Waals surface area contributed by atoms with Gasteiger partial charge in [-0.2, -0.15) is 0 Å². The van der Waals surface area contributed by atoms with Crippen molar-refractivity contribution in [2.24, 2.45) is 0 Å². The number of para-hydroxylation sites is 1. The number of aryl methyl sites for hydroxylation is 1. The Morgan fingerprint density at radius 1 is 1.21 bits per heavy atom. The van der Waals surface area contributed by atoms with Crippen molar-refractivity contribution in [3.05, 3.63) is 52.0 Å². The second-order valence-electron chi connectivity index (χ2n) is 4.13. The quantitative estimate of drug-likeness (QED) is 0.752. The number of aromatic carboxylic acids is 1. The van der Waals surface area contributed by atoms with Gasteiger partial charge in [0.2, 0.25) is 0 Å². The highest BCUT2D eigenvalue weighted by Gasteiger charge is 2.12. The van der Waals surface area contributed by atoms with E-state index >= 15 is 0 Å². The number of nitrogens with one attached hydrogen (secondary N) is 1. The van der Waals surface area contributed by atoms with E-state index in [1.165, 1.54) is 6.07 Å². The zero-order valence-corrected chi connectivity index (χ0v) is 11.9. The maximum atomic E-state index is 11.0. The van der Waals surface area contributed by atoms with Gasteiger partial charge in [0.05, 0.1) is 22.6 Å². The van der Waals surface area contributed by atoms with Crippen molar-refractivity contribution < 1.29 is 9.90 Å². The first kappa shape index (κ1) is 13.4. The van der Waals surface area contributed by atoms with Crippen molar-refractivity contribution in [3.8, 4) is 0 Å². The minimum Gasteiger partial charge on any atom is -0.478 e. The van der Waals surface area contributed by atoms with Crippen LogP contribution in [0.15, 0.2) is 40.9 Å². The summed E-state index contributed by atoms with van der Waals surface area (Å²) in [6, 6.07) is 10.7. The zero-order valence-electron chi connectivity index (χ0n) is 10.3. The maximum Gasteiger partial charge on any atom is 0.337 e. The van der Waals surface area contributed by atoms with Gasteiger partial charge in [-0.15, -0.1) is 0 Å². The molecule has 0 saturated heterocycles. The number of carbonyl (C=O) groups is 1. The number of hydrogen-bond acceptors (Lipinski definition) is 3. The first-order valence-electron chi connectivity index (χ1n) is 5.64. The first-order chi connectivity index (χ1) is 9.00. The number of benzene rings is 2. The van der Waals surface area contributed by atoms with Gasteiger partial charge in [0.15, 0.2) is 0 Å². The molecule has 0 aliphatic rings. The summed E-state index contributed by atoms with van der Waals surface area (Å²) in [5.41, 5.74) is 8.68. The smallest absolute Gasteiger partial charge is 0.337 e. The lowest BCUT2D eigenvalue weighted by molar-refractivity contribution is 0.0698. The number of anilines is 3. The van der Waals surface area contributed by atoms with E-state index in [0.717, 1.165) is 15.7 Å². The normalized spacial score (nSPS) is 10.2. The van der Waals surface area contributed by atoms with Crippen LogP contribution in [0.4, 0.5) is 17.1 Å². The molecule has 4 nitrogen and oxygen atoms in total. The minimum atomic E-state index is -1.04. The predicted molar refractivity (Wildman–Crippen MR) is 80.0 cm³/mol. The fourth-order valence-electron chi connectivity index (χ4n) is 1.75. The van der Waals surface area contributed by atoms with Gasteiger partial charge in [-0.05, 0) is 46.6 Å². The molecule has 5 heteroatoms. The Hall–Kier alpha value is -2.01. The lowest BCUT2D eigenvalue weighted by Gasteiger charge is -2.13. The number of rotatable bonds is 3. The molecule has 0 aliphatic carbocycles. The molecule has 0 aliphatic heterocycles. The Balaban J connectivity index is 2.42. The van der Waals surface area contributed by atoms with Gasteiger partial charge in [0.25, 0.3) is 0 Å². The van der Waals surface area contributed by atoms with Crippen LogP contribution in [0.5, 0.6) is 0 Å². The molecule has 0 heterocycles. The van der Waals surface area contributed by atoms with Gasteiger partial charge in [0, 0.05) is 4.47 Å². The highest BCUT2D eigenvalue weighted by atomic mass is 79.9. The van der Waals surface area contributed by atoms with Crippen LogP contribution in [-0.2, 0) is 0 Å². The molecule has 0 bridgehead atoms. The molecular weight excluding hydrogens is 308 g/mol. The van der Waals surface area contributed by atoms with Crippen molar-refractivity contribution in [1.29, 1.82) is 0 Å². The van der Waals surface area contributed by atoms with Crippen LogP contribution < -0.4 is 11.1 Å². The van der Waals surface area contributed by atoms with E-state index in [9.17, 15) is 4.79 Å². The molecule has 0 saturated carbocycles. The van der Waals surface area contributed by atoms with Gasteiger partial charge in [0.1, 0.15) is 0 Å². The molecule has 0 spiro atoms. The fourth-order valence-corrected chi connectivity index (χ4v) is 2.11. The van der Waals surface area contributed by atoms with Crippen LogP contribution in [-0.4, -0.2) is 11.1 Å². The van der Waals surface area contributed by atoms with E-state index in [1.807, 2.05) is 25.1 Å². The van der Waals surface area contributed by atoms with Crippen molar-refractivity contribution in [3.63, 3.8) is 0 Å². The minimum absolute atomic E-state index is 0.0915. The van der Waals surface area contributed by atoms with Crippen LogP contribution in [0.1, 0.15) is 15.9 Å². The van der Waals surface area contributed by atoms with E-state index in [4.69, 9.17) is 10.8 Å². The van der Waals surface area contributed by atoms with Crippen LogP contribution in [0, 0.1) is 6.92 Å². The third kappa shape index (κ3) is 2.71. The molecule has 0 amide bonds. The number of halogens is 1. The molecular formula is C14H13BrN2O2. The van der Waals surface area contributed by atoms with E-state index < -0.39 is 5.97 Å². The number of carboxylic acids is 1. The summed E-state index contributed by atoms with van der Waals surface area (Å²) < 4.78 is 0.926. The van der Waals surface area contributed by atoms with Crippen molar-refractivity contribution >= 4 is 39.0 Å². The van der Waals surface area contributed by atoms with Crippen LogP contribution in [0.3, 0.4) is 0 Å². The summed E-state index contributed by atoms with van der Waals surface area (Å²) in [5, 5.41) is 12.2. The fraction of sp³-hybridized carbons (Fsp3) is 0.0714. The molecule has 0 unspecified atom stereocenters. The predicted octanol–water partition coefficient (Wildman–Crippen LogP) is 3.78. The molecule has 0 radical (unpaired) electrons. The molecule has 98 valence electrons. The summed E-state index contributed by atoms with van der Waals surface area (Å²) in [6.07, 6.45) is 0. The monoisotopic (exact) mass is 320 g/mol. The second kappa shape index (κ2) is 5.32. The second-order valence-corrected chi connectivity index (χ2v) is 4.93. The molecule has 2 aromatic carbocycles. The molecule has 2 aromatic rings. The Morgan fingerprint density at radius 3 is 2.53 bits per heavy atom. The van der Waals surface area contributed by atoms with Crippen LogP contribution in [0.2, 0.25) is 0 Å². The number of nitrogens with two attached hydrogens (primary N) is 1. The molecule has 19 heavy (non-hydrogen) atoms. The van der Waals surface area contributed by atoms with E-state index in [0.29, 0.717) is 5.69 Å². The Kier molecular flexibility index (Phi) is 3.76. The van der Waals surface area contributed by atoms with Gasteiger partial charge in [-0.3, -0.25) is 0 Å². The Bertz CT molecular complexity index is 641. The van der Waals surface area contributed by atoms with E-state index in [1.54, 1.807) is 12.1 Å². The van der Waals surface area contributed by atoms with E-state index in [-0.39, 0.29) is 11.3 Å². The summed E-state index contributed by atoms with van der Waals surface area (Å²) >= 11 is 3.49. The highest BCUT2D eigenvalue weighted by Crippen LogP contribution is 2.32. The molecule has 0 fully saturated rings. The molecule has 4 N–H and O–H groups in total. The summed E-state index contributed by atoms with van der Waals surface area (Å²) in [5.74, 6) is -1.04. The average molecular weight is 321 g/mol. The topological polar surface area (TPSA) is 75.3 Å². The molecule has 2 rings (SSSR count). The lowest BCUT2D eigenvalue weighted by atomic mass is 10.1. The molecule has 0 atom stereocenters.